The Balaban J connectivity index is 1.77. The fourth-order valence-electron chi connectivity index (χ4n) is 2.95. The smallest absolute Gasteiger partial charge is 0.115 e. The van der Waals surface area contributed by atoms with Crippen LogP contribution in [0, 0.1) is 0 Å². The van der Waals surface area contributed by atoms with Crippen LogP contribution in [-0.4, -0.2) is 35.7 Å². The second-order valence-corrected chi connectivity index (χ2v) is 5.95. The number of benzene rings is 1. The molecular formula is C17H28N2O. The van der Waals surface area contributed by atoms with Gasteiger partial charge < -0.3 is 15.3 Å². The molecule has 1 saturated heterocycles. The lowest BCUT2D eigenvalue weighted by Crippen LogP contribution is -2.43. The van der Waals surface area contributed by atoms with E-state index in [4.69, 9.17) is 0 Å². The molecule has 3 nitrogen and oxygen atoms in total. The van der Waals surface area contributed by atoms with Crippen molar-refractivity contribution in [3.63, 3.8) is 0 Å². The zero-order valence-corrected chi connectivity index (χ0v) is 12.8. The van der Waals surface area contributed by atoms with E-state index in [1.165, 1.54) is 50.9 Å². The third-order valence-electron chi connectivity index (χ3n) is 4.27. The highest BCUT2D eigenvalue weighted by Gasteiger charge is 2.20. The van der Waals surface area contributed by atoms with Gasteiger partial charge in [0, 0.05) is 12.1 Å². The third kappa shape index (κ3) is 4.50. The van der Waals surface area contributed by atoms with Crippen LogP contribution in [0.25, 0.3) is 0 Å². The van der Waals surface area contributed by atoms with Gasteiger partial charge in [0.25, 0.3) is 0 Å². The Bertz CT molecular complexity index is 400. The van der Waals surface area contributed by atoms with E-state index in [1.54, 1.807) is 6.07 Å². The second-order valence-electron chi connectivity index (χ2n) is 5.95. The number of unbranched alkanes of at least 4 members (excludes halogenated alkanes) is 1. The van der Waals surface area contributed by atoms with Gasteiger partial charge in [-0.15, -0.1) is 0 Å². The fraction of sp³-hybridized carbons (Fsp3) is 0.647. The fourth-order valence-corrected chi connectivity index (χ4v) is 2.95. The van der Waals surface area contributed by atoms with Gasteiger partial charge in [0.1, 0.15) is 5.75 Å². The number of likely N-dealkylation sites (tertiary alicyclic amines) is 1. The quantitative estimate of drug-likeness (QED) is 0.837. The highest BCUT2D eigenvalue weighted by atomic mass is 16.3. The van der Waals surface area contributed by atoms with Crippen LogP contribution in [0.1, 0.15) is 51.1 Å². The normalized spacial score (nSPS) is 19.1. The van der Waals surface area contributed by atoms with Gasteiger partial charge in [0.15, 0.2) is 0 Å². The average molecular weight is 276 g/mol. The molecule has 1 heterocycles. The second kappa shape index (κ2) is 7.65. The monoisotopic (exact) mass is 276 g/mol. The number of piperidine rings is 1. The maximum atomic E-state index is 9.55. The van der Waals surface area contributed by atoms with E-state index in [-0.39, 0.29) is 0 Å². The van der Waals surface area contributed by atoms with E-state index < -0.39 is 0 Å². The summed E-state index contributed by atoms with van der Waals surface area (Å²) in [5.41, 5.74) is 1.17. The van der Waals surface area contributed by atoms with E-state index in [2.05, 4.69) is 30.1 Å². The van der Waals surface area contributed by atoms with Crippen LogP contribution in [0.15, 0.2) is 24.3 Å². The van der Waals surface area contributed by atoms with Gasteiger partial charge in [0.2, 0.25) is 0 Å². The predicted octanol–water partition coefficient (Wildman–Crippen LogP) is 3.31. The molecule has 3 heteroatoms. The minimum atomic E-state index is 0.300. The predicted molar refractivity (Wildman–Crippen MR) is 84.0 cm³/mol. The zero-order chi connectivity index (χ0) is 14.4. The molecule has 2 rings (SSSR count). The Morgan fingerprint density at radius 2 is 2.10 bits per heavy atom. The highest BCUT2D eigenvalue weighted by Crippen LogP contribution is 2.20. The summed E-state index contributed by atoms with van der Waals surface area (Å²) >= 11 is 0. The first-order chi connectivity index (χ1) is 9.69. The van der Waals surface area contributed by atoms with Crippen molar-refractivity contribution in [3.8, 4) is 5.75 Å². The standard InChI is InChI=1S/C17H28N2O/c1-3-4-10-19-11-8-16(9-12-19)18-14(2)15-6-5-7-17(20)13-15/h5-7,13-14,16,18,20H,3-4,8-12H2,1-2H3. The van der Waals surface area contributed by atoms with Crippen LogP contribution in [-0.2, 0) is 0 Å². The molecular weight excluding hydrogens is 248 g/mol. The molecule has 1 atom stereocenters. The van der Waals surface area contributed by atoms with Crippen LogP contribution in [0.5, 0.6) is 5.75 Å². The van der Waals surface area contributed by atoms with Crippen molar-refractivity contribution in [2.75, 3.05) is 19.6 Å². The summed E-state index contributed by atoms with van der Waals surface area (Å²) in [4.78, 5) is 2.58. The molecule has 0 aromatic heterocycles. The van der Waals surface area contributed by atoms with E-state index in [1.807, 2.05) is 12.1 Å². The van der Waals surface area contributed by atoms with E-state index >= 15 is 0 Å². The summed E-state index contributed by atoms with van der Waals surface area (Å²) < 4.78 is 0. The lowest BCUT2D eigenvalue weighted by atomic mass is 10.0. The van der Waals surface area contributed by atoms with Crippen LogP contribution in [0.4, 0.5) is 0 Å². The van der Waals surface area contributed by atoms with Gasteiger partial charge in [0.05, 0.1) is 0 Å². The molecule has 0 bridgehead atoms. The Labute approximate surface area is 123 Å². The molecule has 0 aliphatic carbocycles. The van der Waals surface area contributed by atoms with Crippen molar-refractivity contribution < 1.29 is 5.11 Å². The van der Waals surface area contributed by atoms with Gasteiger partial charge >= 0.3 is 0 Å². The average Bonchev–Trinajstić information content (AvgIpc) is 2.46. The van der Waals surface area contributed by atoms with Gasteiger partial charge in [-0.2, -0.15) is 0 Å². The molecule has 0 radical (unpaired) electrons. The molecule has 0 saturated carbocycles. The van der Waals surface area contributed by atoms with Crippen LogP contribution < -0.4 is 5.32 Å². The van der Waals surface area contributed by atoms with E-state index in [0.29, 0.717) is 17.8 Å². The molecule has 1 aliphatic heterocycles. The van der Waals surface area contributed by atoms with Crippen molar-refractivity contribution >= 4 is 0 Å². The summed E-state index contributed by atoms with van der Waals surface area (Å²) in [5, 5.41) is 13.3. The first kappa shape index (κ1) is 15.3. The Hall–Kier alpha value is -1.06. The number of hydrogen-bond donors (Lipinski definition) is 2. The molecule has 0 spiro atoms. The Morgan fingerprint density at radius 1 is 1.35 bits per heavy atom. The SMILES string of the molecule is CCCCN1CCC(NC(C)c2cccc(O)c2)CC1. The maximum Gasteiger partial charge on any atom is 0.115 e. The summed E-state index contributed by atoms with van der Waals surface area (Å²) in [5.74, 6) is 0.352. The van der Waals surface area contributed by atoms with Crippen molar-refractivity contribution in [2.45, 2.75) is 51.6 Å². The minimum Gasteiger partial charge on any atom is -0.508 e. The number of hydrogen-bond acceptors (Lipinski definition) is 3. The number of nitrogens with one attached hydrogen (secondary N) is 1. The van der Waals surface area contributed by atoms with Crippen LogP contribution in [0.2, 0.25) is 0 Å². The summed E-state index contributed by atoms with van der Waals surface area (Å²) in [6.07, 6.45) is 5.06. The number of nitrogens with zero attached hydrogens (tertiary/aromatic N) is 1. The molecule has 1 aromatic rings. The number of phenolic OH excluding ortho intramolecular Hbond substituents is 1. The number of phenols is 1. The van der Waals surface area contributed by atoms with Gasteiger partial charge in [-0.3, -0.25) is 0 Å². The lowest BCUT2D eigenvalue weighted by Gasteiger charge is -2.34. The molecule has 112 valence electrons. The molecule has 2 N–H and O–H groups in total. The Morgan fingerprint density at radius 3 is 2.75 bits per heavy atom. The molecule has 20 heavy (non-hydrogen) atoms. The number of rotatable bonds is 6. The van der Waals surface area contributed by atoms with Crippen molar-refractivity contribution in [1.29, 1.82) is 0 Å². The van der Waals surface area contributed by atoms with Gasteiger partial charge in [-0.1, -0.05) is 25.5 Å². The summed E-state index contributed by atoms with van der Waals surface area (Å²) in [6, 6.07) is 8.47. The largest absolute Gasteiger partial charge is 0.508 e. The number of aromatic hydroxyl groups is 1. The molecule has 1 unspecified atom stereocenters. The molecule has 1 aromatic carbocycles. The molecule has 1 aliphatic rings. The van der Waals surface area contributed by atoms with Gasteiger partial charge in [-0.25, -0.2) is 0 Å². The zero-order valence-electron chi connectivity index (χ0n) is 12.8. The van der Waals surface area contributed by atoms with E-state index in [0.717, 1.165) is 0 Å². The molecule has 1 fully saturated rings. The van der Waals surface area contributed by atoms with Crippen molar-refractivity contribution in [1.82, 2.24) is 10.2 Å². The van der Waals surface area contributed by atoms with Crippen LogP contribution >= 0.6 is 0 Å². The first-order valence-electron chi connectivity index (χ1n) is 7.96. The summed E-state index contributed by atoms with van der Waals surface area (Å²) in [7, 11) is 0. The molecule has 0 amide bonds. The summed E-state index contributed by atoms with van der Waals surface area (Å²) in [6.45, 7) is 8.11. The van der Waals surface area contributed by atoms with Crippen LogP contribution in [0.3, 0.4) is 0 Å². The lowest BCUT2D eigenvalue weighted by molar-refractivity contribution is 0.190. The third-order valence-corrected chi connectivity index (χ3v) is 4.27. The maximum absolute atomic E-state index is 9.55. The van der Waals surface area contributed by atoms with Gasteiger partial charge in [-0.05, 0) is 63.5 Å². The first-order valence-corrected chi connectivity index (χ1v) is 7.96. The topological polar surface area (TPSA) is 35.5 Å². The van der Waals surface area contributed by atoms with Crippen molar-refractivity contribution in [3.05, 3.63) is 29.8 Å². The highest BCUT2D eigenvalue weighted by molar-refractivity contribution is 5.29. The van der Waals surface area contributed by atoms with Crippen molar-refractivity contribution in [2.24, 2.45) is 0 Å². The minimum absolute atomic E-state index is 0.300. The Kier molecular flexibility index (Phi) is 5.86. The van der Waals surface area contributed by atoms with E-state index in [9.17, 15) is 5.11 Å².